The molecule has 0 aliphatic carbocycles. The number of sulfone groups is 1. The lowest BCUT2D eigenvalue weighted by Crippen LogP contribution is -2.34. The van der Waals surface area contributed by atoms with Crippen LogP contribution < -0.4 is 10.1 Å². The summed E-state index contributed by atoms with van der Waals surface area (Å²) in [6.45, 7) is 11.2. The van der Waals surface area contributed by atoms with Crippen LogP contribution in [0.25, 0.3) is 22.3 Å². The number of aryl methyl sites for hydroxylation is 1. The van der Waals surface area contributed by atoms with Crippen LogP contribution >= 0.6 is 0 Å². The number of aromatic nitrogens is 3. The van der Waals surface area contributed by atoms with Gasteiger partial charge >= 0.3 is 0 Å². The molecule has 1 fully saturated rings. The van der Waals surface area contributed by atoms with Gasteiger partial charge in [-0.05, 0) is 70.9 Å². The van der Waals surface area contributed by atoms with Gasteiger partial charge < -0.3 is 15.0 Å². The maximum absolute atomic E-state index is 13.7. The average molecular weight is 542 g/mol. The van der Waals surface area contributed by atoms with E-state index in [0.29, 0.717) is 40.2 Å². The van der Waals surface area contributed by atoms with E-state index in [0.717, 1.165) is 38.0 Å². The zero-order valence-electron chi connectivity index (χ0n) is 23.0. The molecule has 3 heterocycles. The maximum Gasteiger partial charge on any atom is 0.252 e. The predicted octanol–water partition coefficient (Wildman–Crippen LogP) is 4.02. The lowest BCUT2D eigenvalue weighted by atomic mass is 10.0. The first-order chi connectivity index (χ1) is 18.2. The summed E-state index contributed by atoms with van der Waals surface area (Å²) < 4.78 is 31.6. The van der Waals surface area contributed by atoms with Crippen LogP contribution in [0, 0.1) is 6.92 Å². The number of amides is 1. The van der Waals surface area contributed by atoms with Crippen LogP contribution in [0.4, 0.5) is 0 Å². The van der Waals surface area contributed by atoms with E-state index >= 15 is 0 Å². The number of carbonyl (C=O) groups is 1. The van der Waals surface area contributed by atoms with Crippen molar-refractivity contribution in [3.05, 3.63) is 41.6 Å². The van der Waals surface area contributed by atoms with Gasteiger partial charge in [0.1, 0.15) is 5.75 Å². The number of nitrogens with one attached hydrogen (secondary N) is 1. The van der Waals surface area contributed by atoms with Gasteiger partial charge in [-0.3, -0.25) is 4.79 Å². The molecule has 0 radical (unpaired) electrons. The summed E-state index contributed by atoms with van der Waals surface area (Å²) in [6, 6.07) is 9.02. The van der Waals surface area contributed by atoms with Gasteiger partial charge in [-0.2, -0.15) is 5.10 Å². The molecule has 2 aromatic heterocycles. The zero-order chi connectivity index (χ0) is 27.4. The molecule has 2 atom stereocenters. The third kappa shape index (κ3) is 6.18. The number of ether oxygens (including phenoxy) is 1. The van der Waals surface area contributed by atoms with Crippen molar-refractivity contribution >= 4 is 26.8 Å². The van der Waals surface area contributed by atoms with Crippen LogP contribution in [0.15, 0.2) is 30.3 Å². The molecular formula is C28H39N5O4S. The summed E-state index contributed by atoms with van der Waals surface area (Å²) in [5.41, 5.74) is 3.10. The van der Waals surface area contributed by atoms with Crippen molar-refractivity contribution in [2.45, 2.75) is 59.0 Å². The molecule has 2 unspecified atom stereocenters. The third-order valence-corrected chi connectivity index (χ3v) is 9.14. The fraction of sp³-hybridized carbons (Fsp3) is 0.536. The summed E-state index contributed by atoms with van der Waals surface area (Å²) in [5.74, 6) is 0.660. The molecular weight excluding hydrogens is 502 g/mol. The van der Waals surface area contributed by atoms with Crippen molar-refractivity contribution in [2.75, 3.05) is 38.2 Å². The molecule has 0 bridgehead atoms. The average Bonchev–Trinajstić information content (AvgIpc) is 3.44. The van der Waals surface area contributed by atoms with Crippen molar-refractivity contribution in [3.8, 4) is 17.0 Å². The van der Waals surface area contributed by atoms with Crippen LogP contribution in [-0.2, 0) is 9.84 Å². The summed E-state index contributed by atoms with van der Waals surface area (Å²) in [4.78, 5) is 20.9. The number of hydrogen-bond donors (Lipinski definition) is 1. The van der Waals surface area contributed by atoms with Crippen molar-refractivity contribution in [2.24, 2.45) is 0 Å². The van der Waals surface area contributed by atoms with Crippen molar-refractivity contribution in [1.82, 2.24) is 25.0 Å². The van der Waals surface area contributed by atoms with Crippen LogP contribution in [0.1, 0.15) is 62.1 Å². The lowest BCUT2D eigenvalue weighted by Gasteiger charge is -2.20. The lowest BCUT2D eigenvalue weighted by molar-refractivity contribution is 0.0939. The first-order valence-corrected chi connectivity index (χ1v) is 15.3. The Morgan fingerprint density at radius 3 is 2.68 bits per heavy atom. The highest BCUT2D eigenvalue weighted by Gasteiger charge is 2.32. The van der Waals surface area contributed by atoms with E-state index in [1.807, 2.05) is 38.1 Å². The van der Waals surface area contributed by atoms with Gasteiger partial charge in [-0.1, -0.05) is 26.0 Å². The number of benzene rings is 1. The van der Waals surface area contributed by atoms with Crippen LogP contribution in [0.2, 0.25) is 0 Å². The number of hydrogen-bond acceptors (Lipinski definition) is 7. The van der Waals surface area contributed by atoms with Gasteiger partial charge in [-0.15, -0.1) is 0 Å². The normalized spacial score (nSPS) is 17.7. The van der Waals surface area contributed by atoms with E-state index in [2.05, 4.69) is 24.1 Å². The number of carbonyl (C=O) groups excluding carboxylic acids is 1. The minimum Gasteiger partial charge on any atom is -0.497 e. The van der Waals surface area contributed by atoms with Crippen LogP contribution in [0.5, 0.6) is 5.75 Å². The SMILES string of the molecule is CCN(CC)CCCC(C)NC(=O)c1cc(-c2cccc(OC)c2)nc2c1c(C)nn2C1CCS(=O)(=O)C1. The number of pyridine rings is 1. The zero-order valence-corrected chi connectivity index (χ0v) is 23.8. The molecule has 9 nitrogen and oxygen atoms in total. The van der Waals surface area contributed by atoms with Crippen molar-refractivity contribution < 1.29 is 17.9 Å². The maximum atomic E-state index is 13.7. The van der Waals surface area contributed by atoms with Crippen LogP contribution in [0.3, 0.4) is 0 Å². The van der Waals surface area contributed by atoms with Gasteiger partial charge in [0.25, 0.3) is 5.91 Å². The van der Waals surface area contributed by atoms with E-state index in [9.17, 15) is 13.2 Å². The largest absolute Gasteiger partial charge is 0.497 e. The summed E-state index contributed by atoms with van der Waals surface area (Å²) >= 11 is 0. The molecule has 1 aliphatic heterocycles. The highest BCUT2D eigenvalue weighted by Crippen LogP contribution is 2.33. The summed E-state index contributed by atoms with van der Waals surface area (Å²) in [6.07, 6.45) is 2.35. The Morgan fingerprint density at radius 1 is 1.26 bits per heavy atom. The molecule has 1 aliphatic rings. The Labute approximate surface area is 225 Å². The fourth-order valence-corrected chi connectivity index (χ4v) is 6.87. The second kappa shape index (κ2) is 11.8. The summed E-state index contributed by atoms with van der Waals surface area (Å²) in [5, 5.41) is 8.53. The van der Waals surface area contributed by atoms with Gasteiger partial charge in [0, 0.05) is 11.6 Å². The van der Waals surface area contributed by atoms with E-state index in [1.165, 1.54) is 0 Å². The number of nitrogens with zero attached hydrogens (tertiary/aromatic N) is 4. The van der Waals surface area contributed by atoms with Gasteiger partial charge in [0.15, 0.2) is 15.5 Å². The highest BCUT2D eigenvalue weighted by atomic mass is 32.2. The molecule has 38 heavy (non-hydrogen) atoms. The highest BCUT2D eigenvalue weighted by molar-refractivity contribution is 7.91. The fourth-order valence-electron chi connectivity index (χ4n) is 5.18. The van der Waals surface area contributed by atoms with Crippen molar-refractivity contribution in [3.63, 3.8) is 0 Å². The molecule has 1 amide bonds. The minimum absolute atomic E-state index is 0.00290. The van der Waals surface area contributed by atoms with Crippen molar-refractivity contribution in [1.29, 1.82) is 0 Å². The Balaban J connectivity index is 1.71. The van der Waals surface area contributed by atoms with Gasteiger partial charge in [0.05, 0.1) is 47.0 Å². The summed E-state index contributed by atoms with van der Waals surface area (Å²) in [7, 11) is -1.52. The van der Waals surface area contributed by atoms with Gasteiger partial charge in [-0.25, -0.2) is 18.1 Å². The molecule has 10 heteroatoms. The van der Waals surface area contributed by atoms with Gasteiger partial charge in [0.2, 0.25) is 0 Å². The molecule has 206 valence electrons. The third-order valence-electron chi connectivity index (χ3n) is 7.38. The Morgan fingerprint density at radius 2 is 2.03 bits per heavy atom. The Kier molecular flexibility index (Phi) is 8.72. The molecule has 4 rings (SSSR count). The minimum atomic E-state index is -3.12. The smallest absolute Gasteiger partial charge is 0.252 e. The van der Waals surface area contributed by atoms with E-state index in [-0.39, 0.29) is 29.5 Å². The molecule has 1 aromatic carbocycles. The van der Waals surface area contributed by atoms with E-state index < -0.39 is 9.84 Å². The number of rotatable bonds is 11. The Bertz CT molecular complexity index is 1400. The molecule has 1 saturated heterocycles. The molecule has 0 saturated carbocycles. The second-order valence-electron chi connectivity index (χ2n) is 10.1. The number of fused-ring (bicyclic) bond motifs is 1. The number of methoxy groups -OCH3 is 1. The van der Waals surface area contributed by atoms with E-state index in [1.54, 1.807) is 17.9 Å². The first kappa shape index (κ1) is 28.0. The second-order valence-corrected chi connectivity index (χ2v) is 12.3. The molecule has 1 N–H and O–H groups in total. The molecule has 3 aromatic rings. The molecule has 0 spiro atoms. The van der Waals surface area contributed by atoms with Crippen LogP contribution in [-0.4, -0.2) is 78.3 Å². The standard InChI is InChI=1S/C28H39N5O4S/c1-6-32(7-2)14-9-10-19(3)29-28(34)24-17-25(21-11-8-12-23(16-21)37-5)30-27-26(24)20(4)31-33(27)22-13-15-38(35,36)18-22/h8,11-12,16-17,19,22H,6-7,9-10,13-15,18H2,1-5H3,(H,29,34). The Hall–Kier alpha value is -2.98. The van der Waals surface area contributed by atoms with E-state index in [4.69, 9.17) is 14.8 Å². The monoisotopic (exact) mass is 541 g/mol. The predicted molar refractivity (Wildman–Crippen MR) is 151 cm³/mol. The quantitative estimate of drug-likeness (QED) is 0.391. The first-order valence-electron chi connectivity index (χ1n) is 13.4. The topological polar surface area (TPSA) is 106 Å².